The van der Waals surface area contributed by atoms with E-state index >= 15 is 0 Å². The van der Waals surface area contributed by atoms with Gasteiger partial charge >= 0.3 is 0 Å². The van der Waals surface area contributed by atoms with Gasteiger partial charge in [0.2, 0.25) is 0 Å². The van der Waals surface area contributed by atoms with Gasteiger partial charge in [-0.1, -0.05) is 67.8 Å². The van der Waals surface area contributed by atoms with E-state index in [0.717, 1.165) is 35.8 Å². The highest BCUT2D eigenvalue weighted by Gasteiger charge is 2.22. The summed E-state index contributed by atoms with van der Waals surface area (Å²) in [5.74, 6) is 1.84. The predicted octanol–water partition coefficient (Wildman–Crippen LogP) is 4.63. The second-order valence-corrected chi connectivity index (χ2v) is 8.12. The Balaban J connectivity index is 1.54. The molecule has 148 valence electrons. The lowest BCUT2D eigenvalue weighted by molar-refractivity contribution is 0.244. The van der Waals surface area contributed by atoms with Gasteiger partial charge in [0.05, 0.1) is 0 Å². The number of nitrogens with one attached hydrogen (secondary N) is 2. The van der Waals surface area contributed by atoms with E-state index in [2.05, 4.69) is 12.1 Å². The minimum Gasteiger partial charge on any atom is -0.384 e. The molecule has 0 radical (unpaired) electrons. The fourth-order valence-electron chi connectivity index (χ4n) is 4.65. The zero-order valence-corrected chi connectivity index (χ0v) is 16.6. The van der Waals surface area contributed by atoms with Crippen LogP contribution in [0.2, 0.25) is 0 Å². The van der Waals surface area contributed by atoms with E-state index in [1.165, 1.54) is 49.7 Å². The molecule has 0 bridgehead atoms. The van der Waals surface area contributed by atoms with Gasteiger partial charge in [-0.25, -0.2) is 0 Å². The Morgan fingerprint density at radius 2 is 1.18 bits per heavy atom. The van der Waals surface area contributed by atoms with Gasteiger partial charge in [-0.3, -0.25) is 10.8 Å². The SMILES string of the molecule is N=C(N)c1ccccc1CC[C@H]1CCC[C@@H](CCc2ccccc2C(=N)N)C1. The summed E-state index contributed by atoms with van der Waals surface area (Å²) in [4.78, 5) is 0. The highest BCUT2D eigenvalue weighted by molar-refractivity contribution is 5.96. The van der Waals surface area contributed by atoms with E-state index in [9.17, 15) is 0 Å². The first-order valence-electron chi connectivity index (χ1n) is 10.4. The molecule has 2 atom stereocenters. The second kappa shape index (κ2) is 9.54. The van der Waals surface area contributed by atoms with Gasteiger partial charge < -0.3 is 11.5 Å². The molecule has 0 aliphatic heterocycles. The molecule has 0 spiro atoms. The fraction of sp³-hybridized carbons (Fsp3) is 0.417. The van der Waals surface area contributed by atoms with Crippen molar-refractivity contribution in [1.29, 1.82) is 10.8 Å². The van der Waals surface area contributed by atoms with Crippen LogP contribution in [0.15, 0.2) is 48.5 Å². The van der Waals surface area contributed by atoms with Crippen molar-refractivity contribution in [3.63, 3.8) is 0 Å². The van der Waals surface area contributed by atoms with E-state index in [-0.39, 0.29) is 11.7 Å². The van der Waals surface area contributed by atoms with Gasteiger partial charge in [0.1, 0.15) is 11.7 Å². The summed E-state index contributed by atoms with van der Waals surface area (Å²) in [6, 6.07) is 16.1. The maximum Gasteiger partial charge on any atom is 0.123 e. The molecule has 4 nitrogen and oxygen atoms in total. The van der Waals surface area contributed by atoms with Crippen molar-refractivity contribution >= 4 is 11.7 Å². The highest BCUT2D eigenvalue weighted by Crippen LogP contribution is 2.35. The second-order valence-electron chi connectivity index (χ2n) is 8.12. The van der Waals surface area contributed by atoms with Crippen molar-refractivity contribution in [3.05, 3.63) is 70.8 Å². The summed E-state index contributed by atoms with van der Waals surface area (Å²) >= 11 is 0. The quantitative estimate of drug-likeness (QED) is 0.399. The topological polar surface area (TPSA) is 99.7 Å². The minimum atomic E-state index is 0.168. The van der Waals surface area contributed by atoms with Crippen LogP contribution in [0.4, 0.5) is 0 Å². The first kappa shape index (κ1) is 20.1. The predicted molar refractivity (Wildman–Crippen MR) is 117 cm³/mol. The first-order valence-corrected chi connectivity index (χ1v) is 10.4. The molecule has 0 aromatic heterocycles. The van der Waals surface area contributed by atoms with Crippen LogP contribution in [0, 0.1) is 22.7 Å². The Morgan fingerprint density at radius 3 is 1.61 bits per heavy atom. The number of nitrogens with two attached hydrogens (primary N) is 2. The van der Waals surface area contributed by atoms with Gasteiger partial charge in [0, 0.05) is 11.1 Å². The third-order valence-corrected chi connectivity index (χ3v) is 6.15. The van der Waals surface area contributed by atoms with Crippen molar-refractivity contribution in [1.82, 2.24) is 0 Å². The first-order chi connectivity index (χ1) is 13.5. The van der Waals surface area contributed by atoms with Crippen LogP contribution in [0.3, 0.4) is 0 Å². The maximum atomic E-state index is 7.77. The minimum absolute atomic E-state index is 0.168. The standard InChI is InChI=1S/C24H32N4/c25-23(26)21-10-3-1-8-19(21)14-12-17-6-5-7-18(16-17)13-15-20-9-2-4-11-22(20)24(27)28/h1-4,8-11,17-18H,5-7,12-16H2,(H3,25,26)(H3,27,28)/t17-,18+. The van der Waals surface area contributed by atoms with Crippen LogP contribution < -0.4 is 11.5 Å². The molecule has 0 unspecified atom stereocenters. The van der Waals surface area contributed by atoms with Crippen LogP contribution in [0.25, 0.3) is 0 Å². The van der Waals surface area contributed by atoms with Crippen molar-refractivity contribution < 1.29 is 0 Å². The third kappa shape index (κ3) is 5.22. The summed E-state index contributed by atoms with van der Waals surface area (Å²) in [6.07, 6.45) is 9.55. The Bertz CT molecular complexity index is 759. The molecule has 2 aromatic carbocycles. The van der Waals surface area contributed by atoms with Crippen molar-refractivity contribution in [2.75, 3.05) is 0 Å². The highest BCUT2D eigenvalue weighted by atomic mass is 14.7. The number of nitrogen functional groups attached to an aromatic ring is 2. The fourth-order valence-corrected chi connectivity index (χ4v) is 4.65. The average molecular weight is 377 g/mol. The van der Waals surface area contributed by atoms with E-state index in [1.54, 1.807) is 0 Å². The average Bonchev–Trinajstić information content (AvgIpc) is 2.71. The van der Waals surface area contributed by atoms with E-state index in [0.29, 0.717) is 0 Å². The summed E-state index contributed by atoms with van der Waals surface area (Å²) in [5.41, 5.74) is 15.6. The van der Waals surface area contributed by atoms with Gasteiger partial charge in [0.15, 0.2) is 0 Å². The molecule has 1 fully saturated rings. The van der Waals surface area contributed by atoms with Gasteiger partial charge in [-0.05, 0) is 55.1 Å². The maximum absolute atomic E-state index is 7.77. The smallest absolute Gasteiger partial charge is 0.123 e. The molecule has 28 heavy (non-hydrogen) atoms. The number of benzene rings is 2. The molecule has 4 heteroatoms. The summed E-state index contributed by atoms with van der Waals surface area (Å²) in [6.45, 7) is 0. The molecule has 1 saturated carbocycles. The van der Waals surface area contributed by atoms with Crippen LogP contribution >= 0.6 is 0 Å². The number of rotatable bonds is 8. The van der Waals surface area contributed by atoms with Gasteiger partial charge in [-0.15, -0.1) is 0 Å². The van der Waals surface area contributed by atoms with Crippen LogP contribution in [0.5, 0.6) is 0 Å². The van der Waals surface area contributed by atoms with E-state index in [4.69, 9.17) is 22.3 Å². The molecular weight excluding hydrogens is 344 g/mol. The Kier molecular flexibility index (Phi) is 6.85. The molecule has 2 aromatic rings. The molecular formula is C24H32N4. The van der Waals surface area contributed by atoms with Crippen molar-refractivity contribution in [2.24, 2.45) is 23.3 Å². The lowest BCUT2D eigenvalue weighted by Crippen LogP contribution is -2.19. The van der Waals surface area contributed by atoms with Crippen LogP contribution in [0.1, 0.15) is 60.8 Å². The van der Waals surface area contributed by atoms with Gasteiger partial charge in [-0.2, -0.15) is 0 Å². The van der Waals surface area contributed by atoms with Crippen LogP contribution in [-0.2, 0) is 12.8 Å². The number of hydrogen-bond acceptors (Lipinski definition) is 2. The summed E-state index contributed by atoms with van der Waals surface area (Å²) < 4.78 is 0. The molecule has 1 aliphatic rings. The molecule has 0 amide bonds. The monoisotopic (exact) mass is 376 g/mol. The molecule has 6 N–H and O–H groups in total. The largest absolute Gasteiger partial charge is 0.384 e. The lowest BCUT2D eigenvalue weighted by Gasteiger charge is -2.29. The molecule has 1 aliphatic carbocycles. The van der Waals surface area contributed by atoms with E-state index in [1.807, 2.05) is 36.4 Å². The number of aryl methyl sites for hydroxylation is 2. The summed E-state index contributed by atoms with van der Waals surface area (Å²) in [5, 5.41) is 15.5. The molecule has 0 heterocycles. The Hall–Kier alpha value is -2.62. The molecule has 0 saturated heterocycles. The third-order valence-electron chi connectivity index (χ3n) is 6.15. The molecule has 3 rings (SSSR count). The van der Waals surface area contributed by atoms with Crippen molar-refractivity contribution in [3.8, 4) is 0 Å². The lowest BCUT2D eigenvalue weighted by atomic mass is 9.76. The zero-order chi connectivity index (χ0) is 19.9. The zero-order valence-electron chi connectivity index (χ0n) is 16.6. The number of amidine groups is 2. The Morgan fingerprint density at radius 1 is 0.750 bits per heavy atom. The normalized spacial score (nSPS) is 19.3. The van der Waals surface area contributed by atoms with Crippen molar-refractivity contribution in [2.45, 2.75) is 51.4 Å². The van der Waals surface area contributed by atoms with Gasteiger partial charge in [0.25, 0.3) is 0 Å². The van der Waals surface area contributed by atoms with E-state index < -0.39 is 0 Å². The number of hydrogen-bond donors (Lipinski definition) is 4. The Labute approximate surface area is 168 Å². The van der Waals surface area contributed by atoms with Crippen LogP contribution in [-0.4, -0.2) is 11.7 Å². The summed E-state index contributed by atoms with van der Waals surface area (Å²) in [7, 11) is 0.